The van der Waals surface area contributed by atoms with Crippen LogP contribution in [0.2, 0.25) is 5.02 Å². The first-order chi connectivity index (χ1) is 16.1. The van der Waals surface area contributed by atoms with Crippen LogP contribution in [-0.2, 0) is 13.1 Å². The second-order valence-corrected chi connectivity index (χ2v) is 7.85. The summed E-state index contributed by atoms with van der Waals surface area (Å²) in [5.41, 5.74) is 2.84. The second kappa shape index (κ2) is 8.79. The highest BCUT2D eigenvalue weighted by Crippen LogP contribution is 2.11. The number of carbonyl (C=O) groups excluding carboxylic acids is 1. The van der Waals surface area contributed by atoms with Crippen molar-refractivity contribution in [2.24, 2.45) is 0 Å². The minimum Gasteiger partial charge on any atom is -0.349 e. The van der Waals surface area contributed by atoms with Crippen molar-refractivity contribution in [1.82, 2.24) is 34.6 Å². The fourth-order valence-electron chi connectivity index (χ4n) is 3.49. The van der Waals surface area contributed by atoms with Crippen molar-refractivity contribution in [2.45, 2.75) is 13.1 Å². The number of nitrogens with one attached hydrogen (secondary N) is 1. The second-order valence-electron chi connectivity index (χ2n) is 7.41. The average Bonchev–Trinajstić information content (AvgIpc) is 3.25. The molecule has 1 N–H and O–H groups in total. The Kier molecular flexibility index (Phi) is 5.54. The first-order valence-electron chi connectivity index (χ1n) is 10.2. The predicted molar refractivity (Wildman–Crippen MR) is 124 cm³/mol. The normalized spacial score (nSPS) is 11.2. The standard InChI is InChI=1S/C23H18ClN7O2/c24-16-7-5-15(6-8-16)13-30-14-27-21-17(23(30)33)11-28-31(21)10-9-25-22(32)20-12-26-18-3-1-2-4-19(18)29-20/h1-8,11-12,14H,9-10,13H2,(H,25,32). The van der Waals surface area contributed by atoms with E-state index < -0.39 is 0 Å². The van der Waals surface area contributed by atoms with E-state index in [-0.39, 0.29) is 17.2 Å². The molecule has 0 saturated carbocycles. The summed E-state index contributed by atoms with van der Waals surface area (Å²) in [4.78, 5) is 38.3. The molecule has 9 nitrogen and oxygen atoms in total. The number of rotatable bonds is 6. The summed E-state index contributed by atoms with van der Waals surface area (Å²) in [7, 11) is 0. The molecule has 3 aromatic heterocycles. The summed E-state index contributed by atoms with van der Waals surface area (Å²) in [6.45, 7) is 1.02. The summed E-state index contributed by atoms with van der Waals surface area (Å²) in [5, 5.41) is 8.13. The van der Waals surface area contributed by atoms with Gasteiger partial charge in [-0.1, -0.05) is 35.9 Å². The number of hydrogen-bond acceptors (Lipinski definition) is 6. The van der Waals surface area contributed by atoms with Gasteiger partial charge in [-0.25, -0.2) is 14.6 Å². The Morgan fingerprint density at radius 1 is 1.00 bits per heavy atom. The van der Waals surface area contributed by atoms with Gasteiger partial charge in [0.25, 0.3) is 11.5 Å². The molecule has 2 aromatic carbocycles. The average molecular weight is 460 g/mol. The van der Waals surface area contributed by atoms with Gasteiger partial charge in [0.1, 0.15) is 17.4 Å². The molecule has 0 fully saturated rings. The third-order valence-electron chi connectivity index (χ3n) is 5.18. The lowest BCUT2D eigenvalue weighted by Gasteiger charge is -2.08. The zero-order valence-electron chi connectivity index (χ0n) is 17.3. The van der Waals surface area contributed by atoms with Gasteiger partial charge in [-0.05, 0) is 29.8 Å². The van der Waals surface area contributed by atoms with Crippen molar-refractivity contribution in [1.29, 1.82) is 0 Å². The van der Waals surface area contributed by atoms with Crippen LogP contribution in [-0.4, -0.2) is 41.8 Å². The van der Waals surface area contributed by atoms with Crippen molar-refractivity contribution >= 4 is 39.6 Å². The summed E-state index contributed by atoms with van der Waals surface area (Å²) >= 11 is 5.92. The Morgan fingerprint density at radius 3 is 2.61 bits per heavy atom. The van der Waals surface area contributed by atoms with Crippen LogP contribution >= 0.6 is 11.6 Å². The number of fused-ring (bicyclic) bond motifs is 2. The molecule has 0 aliphatic heterocycles. The Bertz CT molecular complexity index is 1530. The zero-order chi connectivity index (χ0) is 22.8. The summed E-state index contributed by atoms with van der Waals surface area (Å²) < 4.78 is 3.12. The van der Waals surface area contributed by atoms with Crippen LogP contribution in [0, 0.1) is 0 Å². The topological polar surface area (TPSA) is 108 Å². The van der Waals surface area contributed by atoms with Crippen LogP contribution in [0.25, 0.3) is 22.1 Å². The highest BCUT2D eigenvalue weighted by Gasteiger charge is 2.12. The van der Waals surface area contributed by atoms with E-state index >= 15 is 0 Å². The minimum atomic E-state index is -0.331. The van der Waals surface area contributed by atoms with E-state index in [0.29, 0.717) is 41.2 Å². The van der Waals surface area contributed by atoms with Gasteiger partial charge in [-0.3, -0.25) is 19.1 Å². The highest BCUT2D eigenvalue weighted by atomic mass is 35.5. The Balaban J connectivity index is 1.27. The largest absolute Gasteiger partial charge is 0.349 e. The van der Waals surface area contributed by atoms with Crippen molar-refractivity contribution in [2.75, 3.05) is 6.54 Å². The molecule has 33 heavy (non-hydrogen) atoms. The van der Waals surface area contributed by atoms with Gasteiger partial charge >= 0.3 is 0 Å². The van der Waals surface area contributed by atoms with Crippen LogP contribution in [0.1, 0.15) is 16.1 Å². The highest BCUT2D eigenvalue weighted by molar-refractivity contribution is 6.30. The lowest BCUT2D eigenvalue weighted by Crippen LogP contribution is -2.28. The predicted octanol–water partition coefficient (Wildman–Crippen LogP) is 2.67. The van der Waals surface area contributed by atoms with Crippen LogP contribution in [0.4, 0.5) is 0 Å². The number of amides is 1. The third kappa shape index (κ3) is 4.31. The van der Waals surface area contributed by atoms with Crippen molar-refractivity contribution in [3.63, 3.8) is 0 Å². The first-order valence-corrected chi connectivity index (χ1v) is 10.6. The Morgan fingerprint density at radius 2 is 1.79 bits per heavy atom. The van der Waals surface area contributed by atoms with Crippen molar-refractivity contribution in [3.8, 4) is 0 Å². The zero-order valence-corrected chi connectivity index (χ0v) is 18.1. The van der Waals surface area contributed by atoms with Gasteiger partial charge in [0.15, 0.2) is 5.65 Å². The van der Waals surface area contributed by atoms with Crippen molar-refractivity contribution in [3.05, 3.63) is 93.9 Å². The molecule has 10 heteroatoms. The molecule has 0 saturated heterocycles. The number of carbonyl (C=O) groups is 1. The first kappa shape index (κ1) is 20.8. The molecule has 5 aromatic rings. The van der Waals surface area contributed by atoms with E-state index in [2.05, 4.69) is 25.4 Å². The maximum atomic E-state index is 12.8. The number of nitrogens with zero attached hydrogens (tertiary/aromatic N) is 6. The number of aromatic nitrogens is 6. The van der Waals surface area contributed by atoms with Gasteiger partial charge in [-0.15, -0.1) is 0 Å². The number of benzene rings is 2. The van der Waals surface area contributed by atoms with E-state index in [9.17, 15) is 9.59 Å². The minimum absolute atomic E-state index is 0.184. The molecule has 5 rings (SSSR count). The summed E-state index contributed by atoms with van der Waals surface area (Å²) in [6.07, 6.45) is 4.45. The van der Waals surface area contributed by atoms with Crippen LogP contribution < -0.4 is 10.9 Å². The van der Waals surface area contributed by atoms with Crippen LogP contribution in [0.3, 0.4) is 0 Å². The summed E-state index contributed by atoms with van der Waals surface area (Å²) in [6, 6.07) is 14.6. The van der Waals surface area contributed by atoms with E-state index in [1.165, 1.54) is 23.3 Å². The fraction of sp³-hybridized carbons (Fsp3) is 0.130. The molecule has 0 atom stereocenters. The van der Waals surface area contributed by atoms with E-state index in [1.54, 1.807) is 22.9 Å². The number of halogens is 1. The van der Waals surface area contributed by atoms with Gasteiger partial charge in [0.2, 0.25) is 0 Å². The van der Waals surface area contributed by atoms with E-state index in [0.717, 1.165) is 11.1 Å². The van der Waals surface area contributed by atoms with Crippen LogP contribution in [0.15, 0.2) is 72.0 Å². The molecule has 1 amide bonds. The molecule has 0 aliphatic rings. The molecule has 3 heterocycles. The molecule has 0 spiro atoms. The fourth-order valence-corrected chi connectivity index (χ4v) is 3.62. The maximum absolute atomic E-state index is 12.8. The van der Waals surface area contributed by atoms with Crippen LogP contribution in [0.5, 0.6) is 0 Å². The van der Waals surface area contributed by atoms with E-state index in [4.69, 9.17) is 11.6 Å². The van der Waals surface area contributed by atoms with Gasteiger partial charge in [0, 0.05) is 11.6 Å². The van der Waals surface area contributed by atoms with Crippen molar-refractivity contribution < 1.29 is 4.79 Å². The lowest BCUT2D eigenvalue weighted by molar-refractivity contribution is 0.0947. The quantitative estimate of drug-likeness (QED) is 0.418. The molecular weight excluding hydrogens is 442 g/mol. The third-order valence-corrected chi connectivity index (χ3v) is 5.43. The molecule has 164 valence electrons. The molecular formula is C23H18ClN7O2. The molecule has 0 aliphatic carbocycles. The number of para-hydroxylation sites is 2. The Hall–Kier alpha value is -4.11. The van der Waals surface area contributed by atoms with Gasteiger partial charge in [0.05, 0.1) is 36.5 Å². The molecule has 0 bridgehead atoms. The SMILES string of the molecule is O=C(NCCn1ncc2c(=O)n(Cc3ccc(Cl)cc3)cnc21)c1cnc2ccccc2n1. The monoisotopic (exact) mass is 459 g/mol. The van der Waals surface area contributed by atoms with Gasteiger partial charge < -0.3 is 5.32 Å². The van der Waals surface area contributed by atoms with Gasteiger partial charge in [-0.2, -0.15) is 5.10 Å². The molecule has 0 radical (unpaired) electrons. The molecule has 0 unspecified atom stereocenters. The number of hydrogen-bond donors (Lipinski definition) is 1. The van der Waals surface area contributed by atoms with E-state index in [1.807, 2.05) is 30.3 Å². The lowest BCUT2D eigenvalue weighted by atomic mass is 10.2. The maximum Gasteiger partial charge on any atom is 0.271 e. The smallest absolute Gasteiger partial charge is 0.271 e. The summed E-state index contributed by atoms with van der Waals surface area (Å²) in [5.74, 6) is -0.331. The Labute approximate surface area is 192 Å².